The number of thioether (sulfide) groups is 1. The van der Waals surface area contributed by atoms with E-state index in [1.54, 1.807) is 23.9 Å². The molecule has 1 aromatic carbocycles. The fourth-order valence-corrected chi connectivity index (χ4v) is 2.47. The molecule has 0 spiro atoms. The van der Waals surface area contributed by atoms with Crippen molar-refractivity contribution >= 4 is 29.3 Å². The van der Waals surface area contributed by atoms with E-state index in [2.05, 4.69) is 0 Å². The van der Waals surface area contributed by atoms with Gasteiger partial charge >= 0.3 is 12.1 Å². The molecule has 1 heterocycles. The van der Waals surface area contributed by atoms with Crippen LogP contribution in [-0.4, -0.2) is 48.8 Å². The molecule has 4 nitrogen and oxygen atoms in total. The Hall–Kier alpha value is -1.70. The average molecular weight is 318 g/mol. The van der Waals surface area contributed by atoms with Crippen LogP contribution in [0, 0.1) is 0 Å². The second-order valence-corrected chi connectivity index (χ2v) is 5.35. The molecule has 0 atom stereocenters. The zero-order valence-corrected chi connectivity index (χ0v) is 12.0. The number of rotatable bonds is 2. The number of piperazine rings is 1. The zero-order chi connectivity index (χ0) is 15.6. The van der Waals surface area contributed by atoms with Gasteiger partial charge in [0.05, 0.1) is 0 Å². The summed E-state index contributed by atoms with van der Waals surface area (Å²) in [6.07, 6.45) is -3.02. The fraction of sp³-hybridized carbons (Fsp3) is 0.385. The second kappa shape index (κ2) is 5.97. The summed E-state index contributed by atoms with van der Waals surface area (Å²) >= 11 is 1.55. The summed E-state index contributed by atoms with van der Waals surface area (Å²) in [6.45, 7) is -0.629. The molecule has 8 heteroatoms. The van der Waals surface area contributed by atoms with Gasteiger partial charge in [0.2, 0.25) is 5.91 Å². The number of carbonyl (C=O) groups is 2. The van der Waals surface area contributed by atoms with Crippen LogP contribution in [0.1, 0.15) is 0 Å². The van der Waals surface area contributed by atoms with E-state index in [4.69, 9.17) is 0 Å². The van der Waals surface area contributed by atoms with E-state index in [-0.39, 0.29) is 13.1 Å². The minimum atomic E-state index is -4.94. The molecule has 1 aliphatic heterocycles. The highest BCUT2D eigenvalue weighted by molar-refractivity contribution is 7.98. The fourth-order valence-electron chi connectivity index (χ4n) is 2.06. The predicted molar refractivity (Wildman–Crippen MR) is 73.2 cm³/mol. The van der Waals surface area contributed by atoms with Gasteiger partial charge in [-0.15, -0.1) is 11.8 Å². The third-order valence-corrected chi connectivity index (χ3v) is 3.88. The molecular weight excluding hydrogens is 305 g/mol. The Balaban J connectivity index is 2.07. The Kier molecular flexibility index (Phi) is 4.46. The largest absolute Gasteiger partial charge is 0.471 e. The summed E-state index contributed by atoms with van der Waals surface area (Å²) in [6, 6.07) is 7.15. The van der Waals surface area contributed by atoms with Crippen LogP contribution in [-0.2, 0) is 9.59 Å². The predicted octanol–water partition coefficient (Wildman–Crippen LogP) is 2.15. The van der Waals surface area contributed by atoms with Crippen LogP contribution in [0.15, 0.2) is 29.2 Å². The molecular formula is C13H13F3N2O2S. The molecule has 21 heavy (non-hydrogen) atoms. The van der Waals surface area contributed by atoms with Crippen molar-refractivity contribution in [2.45, 2.75) is 11.1 Å². The Morgan fingerprint density at radius 2 is 1.81 bits per heavy atom. The monoisotopic (exact) mass is 318 g/mol. The highest BCUT2D eigenvalue weighted by Gasteiger charge is 2.44. The third-order valence-electron chi connectivity index (χ3n) is 3.13. The molecule has 1 aliphatic rings. The van der Waals surface area contributed by atoms with Gasteiger partial charge in [-0.2, -0.15) is 13.2 Å². The lowest BCUT2D eigenvalue weighted by Gasteiger charge is -2.34. The minimum absolute atomic E-state index is 0.0548. The number of anilines is 1. The number of carbonyl (C=O) groups excluding carboxylic acids is 2. The molecule has 2 rings (SSSR count). The maximum atomic E-state index is 12.3. The molecule has 0 aromatic heterocycles. The van der Waals surface area contributed by atoms with E-state index < -0.39 is 24.5 Å². The van der Waals surface area contributed by atoms with Crippen molar-refractivity contribution < 1.29 is 22.8 Å². The normalized spacial score (nSPS) is 16.3. The van der Waals surface area contributed by atoms with Crippen molar-refractivity contribution in [2.24, 2.45) is 0 Å². The summed E-state index contributed by atoms with van der Waals surface area (Å²) in [5.41, 5.74) is 0.622. The number of benzene rings is 1. The maximum Gasteiger partial charge on any atom is 0.471 e. The van der Waals surface area contributed by atoms with Gasteiger partial charge in [-0.05, 0) is 30.5 Å². The Labute approximate surface area is 123 Å². The van der Waals surface area contributed by atoms with Crippen molar-refractivity contribution in [2.75, 3.05) is 30.8 Å². The van der Waals surface area contributed by atoms with E-state index in [0.717, 1.165) is 4.90 Å². The van der Waals surface area contributed by atoms with E-state index in [9.17, 15) is 22.8 Å². The van der Waals surface area contributed by atoms with E-state index in [1.807, 2.05) is 18.4 Å². The Morgan fingerprint density at radius 1 is 1.19 bits per heavy atom. The van der Waals surface area contributed by atoms with Gasteiger partial charge in [0.25, 0.3) is 0 Å². The zero-order valence-electron chi connectivity index (χ0n) is 11.2. The van der Waals surface area contributed by atoms with E-state index in [0.29, 0.717) is 10.6 Å². The van der Waals surface area contributed by atoms with E-state index >= 15 is 0 Å². The van der Waals surface area contributed by atoms with Crippen LogP contribution < -0.4 is 4.90 Å². The lowest BCUT2D eigenvalue weighted by molar-refractivity contribution is -0.186. The van der Waals surface area contributed by atoms with Gasteiger partial charge in [0.1, 0.15) is 6.54 Å². The second-order valence-electron chi connectivity index (χ2n) is 4.47. The summed E-state index contributed by atoms with van der Waals surface area (Å²) in [7, 11) is 0. The highest BCUT2D eigenvalue weighted by Crippen LogP contribution is 2.24. The van der Waals surface area contributed by atoms with Crippen LogP contribution in [0.4, 0.5) is 18.9 Å². The number of nitrogens with zero attached hydrogens (tertiary/aromatic N) is 2. The quantitative estimate of drug-likeness (QED) is 0.785. The summed E-state index contributed by atoms with van der Waals surface area (Å²) in [4.78, 5) is 26.0. The first kappa shape index (κ1) is 15.7. The number of alkyl halides is 3. The molecule has 2 amide bonds. The molecule has 0 unspecified atom stereocenters. The van der Waals surface area contributed by atoms with Crippen LogP contribution in [0.3, 0.4) is 0 Å². The van der Waals surface area contributed by atoms with Gasteiger partial charge in [0.15, 0.2) is 0 Å². The van der Waals surface area contributed by atoms with Gasteiger partial charge in [-0.3, -0.25) is 9.59 Å². The maximum absolute atomic E-state index is 12.3. The lowest BCUT2D eigenvalue weighted by atomic mass is 10.2. The van der Waals surface area contributed by atoms with E-state index in [1.165, 1.54) is 4.90 Å². The first-order valence-electron chi connectivity index (χ1n) is 6.13. The van der Waals surface area contributed by atoms with Crippen molar-refractivity contribution in [1.29, 1.82) is 0 Å². The van der Waals surface area contributed by atoms with Gasteiger partial charge in [0, 0.05) is 23.7 Å². The first-order chi connectivity index (χ1) is 9.82. The van der Waals surface area contributed by atoms with Gasteiger partial charge < -0.3 is 9.80 Å². The van der Waals surface area contributed by atoms with Gasteiger partial charge in [-0.25, -0.2) is 0 Å². The molecule has 0 aliphatic carbocycles. The molecule has 0 N–H and O–H groups in total. The van der Waals surface area contributed by atoms with Crippen LogP contribution in [0.5, 0.6) is 0 Å². The molecule has 0 bridgehead atoms. The van der Waals surface area contributed by atoms with Crippen molar-refractivity contribution in [3.05, 3.63) is 24.3 Å². The lowest BCUT2D eigenvalue weighted by Crippen LogP contribution is -2.55. The minimum Gasteiger partial charge on any atom is -0.324 e. The number of hydrogen-bond donors (Lipinski definition) is 0. The van der Waals surface area contributed by atoms with Crippen LogP contribution >= 0.6 is 11.8 Å². The molecule has 1 saturated heterocycles. The van der Waals surface area contributed by atoms with Crippen molar-refractivity contribution in [3.8, 4) is 0 Å². The Bertz CT molecular complexity index is 545. The van der Waals surface area contributed by atoms with Crippen LogP contribution in [0.25, 0.3) is 0 Å². The number of halogens is 3. The van der Waals surface area contributed by atoms with Crippen molar-refractivity contribution in [1.82, 2.24) is 4.90 Å². The van der Waals surface area contributed by atoms with Crippen LogP contribution in [0.2, 0.25) is 0 Å². The first-order valence-corrected chi connectivity index (χ1v) is 7.36. The highest BCUT2D eigenvalue weighted by atomic mass is 32.2. The topological polar surface area (TPSA) is 40.6 Å². The number of amides is 2. The smallest absolute Gasteiger partial charge is 0.324 e. The molecule has 0 radical (unpaired) electrons. The summed E-state index contributed by atoms with van der Waals surface area (Å²) in [5, 5.41) is 0. The SMILES string of the molecule is CSc1ccc(N2CCN(C(=O)C(F)(F)F)CC2=O)cc1. The Morgan fingerprint density at radius 3 is 2.29 bits per heavy atom. The molecule has 1 aromatic rings. The number of hydrogen-bond acceptors (Lipinski definition) is 3. The summed E-state index contributed by atoms with van der Waals surface area (Å²) in [5.74, 6) is -2.48. The molecule has 0 saturated carbocycles. The third kappa shape index (κ3) is 3.49. The van der Waals surface area contributed by atoms with Gasteiger partial charge in [-0.1, -0.05) is 0 Å². The standard InChI is InChI=1S/C13H13F3N2O2S/c1-21-10-4-2-9(3-5-10)18-7-6-17(8-11(18)19)12(20)13(14,15)16/h2-5H,6-8H2,1H3. The molecule has 1 fully saturated rings. The molecule has 114 valence electrons. The van der Waals surface area contributed by atoms with Crippen molar-refractivity contribution in [3.63, 3.8) is 0 Å². The average Bonchev–Trinajstić information content (AvgIpc) is 2.45. The summed E-state index contributed by atoms with van der Waals surface area (Å²) < 4.78 is 37.0.